The molecule has 8 heteroatoms. The quantitative estimate of drug-likeness (QED) is 0.337. The molecular formula is C18H17NO7. The van der Waals surface area contributed by atoms with E-state index in [2.05, 4.69) is 5.32 Å². The Kier molecular flexibility index (Phi) is 5.69. The van der Waals surface area contributed by atoms with Crippen LogP contribution in [0.15, 0.2) is 42.5 Å². The first-order chi connectivity index (χ1) is 12.3. The third kappa shape index (κ3) is 4.91. The van der Waals surface area contributed by atoms with Gasteiger partial charge in [-0.1, -0.05) is 12.1 Å². The Morgan fingerprint density at radius 2 is 1.54 bits per heavy atom. The molecule has 0 saturated carbocycles. The number of hydrogen-bond acceptors (Lipinski definition) is 6. The fraction of sp³-hybridized carbons (Fsp3) is 0.111. The topological polar surface area (TPSA) is 147 Å². The Labute approximate surface area is 148 Å². The zero-order valence-electron chi connectivity index (χ0n) is 13.5. The van der Waals surface area contributed by atoms with E-state index in [0.717, 1.165) is 6.08 Å². The fourth-order valence-corrected chi connectivity index (χ4v) is 2.17. The molecule has 2 aromatic carbocycles. The zero-order valence-corrected chi connectivity index (χ0v) is 13.5. The minimum Gasteiger partial charge on any atom is -0.504 e. The summed E-state index contributed by atoms with van der Waals surface area (Å²) in [6.45, 7) is 0. The Bertz CT molecular complexity index is 861. The van der Waals surface area contributed by atoms with E-state index in [4.69, 9.17) is 0 Å². The molecule has 6 N–H and O–H groups in total. The molecule has 0 aliphatic carbocycles. The second-order valence-corrected chi connectivity index (χ2v) is 5.51. The molecule has 0 heterocycles. The number of phenols is 4. The van der Waals surface area contributed by atoms with E-state index in [1.165, 1.54) is 42.5 Å². The minimum absolute atomic E-state index is 0.0945. The molecule has 136 valence electrons. The van der Waals surface area contributed by atoms with Crippen molar-refractivity contribution in [3.63, 3.8) is 0 Å². The highest BCUT2D eigenvalue weighted by Crippen LogP contribution is 2.26. The number of amides is 1. The van der Waals surface area contributed by atoms with E-state index in [0.29, 0.717) is 11.1 Å². The summed E-state index contributed by atoms with van der Waals surface area (Å²) in [4.78, 5) is 23.3. The van der Waals surface area contributed by atoms with Gasteiger partial charge >= 0.3 is 5.97 Å². The van der Waals surface area contributed by atoms with Crippen molar-refractivity contribution in [2.45, 2.75) is 12.5 Å². The number of carboxylic acid groups (broad SMARTS) is 1. The number of aliphatic carboxylic acids is 1. The van der Waals surface area contributed by atoms with Gasteiger partial charge in [0.05, 0.1) is 0 Å². The lowest BCUT2D eigenvalue weighted by molar-refractivity contribution is -0.141. The summed E-state index contributed by atoms with van der Waals surface area (Å²) in [6, 6.07) is 6.59. The van der Waals surface area contributed by atoms with Crippen LogP contribution in [0.1, 0.15) is 11.1 Å². The minimum atomic E-state index is -1.26. The highest BCUT2D eigenvalue weighted by Gasteiger charge is 2.20. The predicted molar refractivity (Wildman–Crippen MR) is 91.8 cm³/mol. The maximum atomic E-state index is 11.9. The Morgan fingerprint density at radius 1 is 0.923 bits per heavy atom. The van der Waals surface area contributed by atoms with Crippen LogP contribution in [-0.2, 0) is 16.0 Å². The maximum Gasteiger partial charge on any atom is 0.326 e. The van der Waals surface area contributed by atoms with Crippen LogP contribution in [0.3, 0.4) is 0 Å². The number of carbonyl (C=O) groups is 2. The molecule has 0 radical (unpaired) electrons. The summed E-state index contributed by atoms with van der Waals surface area (Å²) in [7, 11) is 0. The Balaban J connectivity index is 2.05. The van der Waals surface area contributed by atoms with E-state index >= 15 is 0 Å². The zero-order chi connectivity index (χ0) is 19.3. The van der Waals surface area contributed by atoms with Crippen LogP contribution in [0.4, 0.5) is 0 Å². The fourth-order valence-electron chi connectivity index (χ4n) is 2.17. The third-order valence-corrected chi connectivity index (χ3v) is 3.52. The van der Waals surface area contributed by atoms with Crippen molar-refractivity contribution in [2.24, 2.45) is 0 Å². The summed E-state index contributed by atoms with van der Waals surface area (Å²) in [6.07, 6.45) is 2.35. The molecule has 8 nitrogen and oxygen atoms in total. The van der Waals surface area contributed by atoms with Crippen LogP contribution in [-0.4, -0.2) is 43.5 Å². The van der Waals surface area contributed by atoms with Gasteiger partial charge < -0.3 is 30.8 Å². The van der Waals surface area contributed by atoms with Gasteiger partial charge in [-0.05, 0) is 41.5 Å². The van der Waals surface area contributed by atoms with E-state index in [1.54, 1.807) is 0 Å². The summed E-state index contributed by atoms with van der Waals surface area (Å²) < 4.78 is 0. The van der Waals surface area contributed by atoms with Crippen LogP contribution in [0.25, 0.3) is 6.08 Å². The number of nitrogens with one attached hydrogen (secondary N) is 1. The van der Waals surface area contributed by atoms with Crippen molar-refractivity contribution in [3.05, 3.63) is 53.6 Å². The molecular weight excluding hydrogens is 342 g/mol. The summed E-state index contributed by atoms with van der Waals surface area (Å²) >= 11 is 0. The summed E-state index contributed by atoms with van der Waals surface area (Å²) in [5.74, 6) is -3.29. The lowest BCUT2D eigenvalue weighted by atomic mass is 10.1. The number of aromatic hydroxyl groups is 4. The van der Waals surface area contributed by atoms with Gasteiger partial charge in [0.25, 0.3) is 0 Å². The number of hydrogen-bond donors (Lipinski definition) is 6. The van der Waals surface area contributed by atoms with Gasteiger partial charge in [0.2, 0.25) is 5.91 Å². The monoisotopic (exact) mass is 359 g/mol. The average Bonchev–Trinajstić information content (AvgIpc) is 2.58. The van der Waals surface area contributed by atoms with Crippen LogP contribution < -0.4 is 5.32 Å². The lowest BCUT2D eigenvalue weighted by Gasteiger charge is -2.13. The van der Waals surface area contributed by atoms with Gasteiger partial charge in [-0.15, -0.1) is 0 Å². The van der Waals surface area contributed by atoms with Crippen molar-refractivity contribution < 1.29 is 35.1 Å². The molecule has 26 heavy (non-hydrogen) atoms. The summed E-state index contributed by atoms with van der Waals surface area (Å²) in [5.41, 5.74) is 0.853. The van der Waals surface area contributed by atoms with Gasteiger partial charge in [0.15, 0.2) is 23.0 Å². The second kappa shape index (κ2) is 7.93. The standard InChI is InChI=1S/C18H17NO7/c20-13-4-1-10(8-15(13)22)3-6-17(24)19-12(18(25)26)7-11-2-5-14(21)16(23)9-11/h1-6,8-9,12,20-23H,7H2,(H,19,24)(H,25,26)/b6-3-/t12-/m0/s1. The highest BCUT2D eigenvalue weighted by atomic mass is 16.4. The van der Waals surface area contributed by atoms with Gasteiger partial charge in [-0.25, -0.2) is 4.79 Å². The predicted octanol–water partition coefficient (Wildman–Crippen LogP) is 1.33. The van der Waals surface area contributed by atoms with Crippen LogP contribution in [0, 0.1) is 0 Å². The normalized spacial score (nSPS) is 12.0. The molecule has 0 unspecified atom stereocenters. The smallest absolute Gasteiger partial charge is 0.326 e. The van der Waals surface area contributed by atoms with Crippen LogP contribution in [0.2, 0.25) is 0 Å². The molecule has 0 aliphatic heterocycles. The number of benzene rings is 2. The number of carboxylic acids is 1. The number of carbonyl (C=O) groups excluding carboxylic acids is 1. The largest absolute Gasteiger partial charge is 0.504 e. The average molecular weight is 359 g/mol. The number of rotatable bonds is 6. The highest BCUT2D eigenvalue weighted by molar-refractivity contribution is 5.94. The van der Waals surface area contributed by atoms with Crippen molar-refractivity contribution in [3.8, 4) is 23.0 Å². The first-order valence-corrected chi connectivity index (χ1v) is 7.50. The van der Waals surface area contributed by atoms with Gasteiger partial charge in [0, 0.05) is 12.5 Å². The number of phenolic OH excluding ortho intramolecular Hbond substituents is 4. The molecule has 0 fully saturated rings. The first-order valence-electron chi connectivity index (χ1n) is 7.50. The Hall–Kier alpha value is -3.68. The van der Waals surface area contributed by atoms with Crippen molar-refractivity contribution in [1.82, 2.24) is 5.32 Å². The lowest BCUT2D eigenvalue weighted by Crippen LogP contribution is -2.41. The van der Waals surface area contributed by atoms with Gasteiger partial charge in [0.1, 0.15) is 6.04 Å². The second-order valence-electron chi connectivity index (χ2n) is 5.51. The SMILES string of the molecule is O=C(/C=C\c1ccc(O)c(O)c1)N[C@@H](Cc1ccc(O)c(O)c1)C(=O)O. The van der Waals surface area contributed by atoms with E-state index in [-0.39, 0.29) is 29.4 Å². The van der Waals surface area contributed by atoms with E-state index in [9.17, 15) is 35.1 Å². The Morgan fingerprint density at radius 3 is 2.12 bits per heavy atom. The van der Waals surface area contributed by atoms with Crippen LogP contribution >= 0.6 is 0 Å². The molecule has 2 rings (SSSR count). The summed E-state index contributed by atoms with van der Waals surface area (Å²) in [5, 5.41) is 48.9. The third-order valence-electron chi connectivity index (χ3n) is 3.52. The molecule has 1 amide bonds. The molecule has 0 spiro atoms. The van der Waals surface area contributed by atoms with Crippen molar-refractivity contribution in [1.29, 1.82) is 0 Å². The van der Waals surface area contributed by atoms with Crippen molar-refractivity contribution in [2.75, 3.05) is 0 Å². The molecule has 0 saturated heterocycles. The molecule has 0 aliphatic rings. The van der Waals surface area contributed by atoms with E-state index < -0.39 is 17.9 Å². The molecule has 0 bridgehead atoms. The molecule has 1 atom stereocenters. The van der Waals surface area contributed by atoms with E-state index in [1.807, 2.05) is 0 Å². The van der Waals surface area contributed by atoms with Crippen molar-refractivity contribution >= 4 is 18.0 Å². The molecule has 2 aromatic rings. The maximum absolute atomic E-state index is 11.9. The molecule has 0 aromatic heterocycles. The first kappa shape index (κ1) is 18.7. The van der Waals surface area contributed by atoms with Gasteiger partial charge in [-0.2, -0.15) is 0 Å². The van der Waals surface area contributed by atoms with Gasteiger partial charge in [-0.3, -0.25) is 4.79 Å². The van der Waals surface area contributed by atoms with Crippen LogP contribution in [0.5, 0.6) is 23.0 Å².